The van der Waals surface area contributed by atoms with Gasteiger partial charge in [-0.05, 0) is 24.3 Å². The van der Waals surface area contributed by atoms with Crippen LogP contribution in [-0.2, 0) is 0 Å². The number of hydrogen-bond acceptors (Lipinski definition) is 6. The second-order valence-corrected chi connectivity index (χ2v) is 5.18. The molecule has 0 bridgehead atoms. The summed E-state index contributed by atoms with van der Waals surface area (Å²) in [5.74, 6) is 1.82. The molecule has 2 heterocycles. The number of nitrogens with zero attached hydrogens (tertiary/aromatic N) is 6. The highest BCUT2D eigenvalue weighted by molar-refractivity contribution is 5.82. The summed E-state index contributed by atoms with van der Waals surface area (Å²) in [5.41, 5.74) is 1.81. The average Bonchev–Trinajstić information content (AvgIpc) is 2.52. The largest absolute Gasteiger partial charge is 0.363 e. The van der Waals surface area contributed by atoms with Crippen LogP contribution in [0, 0.1) is 0 Å². The van der Waals surface area contributed by atoms with Crippen LogP contribution in [0.2, 0.25) is 0 Å². The highest BCUT2D eigenvalue weighted by Gasteiger charge is 1.96. The van der Waals surface area contributed by atoms with Gasteiger partial charge < -0.3 is 9.80 Å². The van der Waals surface area contributed by atoms with Gasteiger partial charge >= 0.3 is 0 Å². The van der Waals surface area contributed by atoms with E-state index in [1.54, 1.807) is 24.8 Å². The molecule has 0 spiro atoms. The topological polar surface area (TPSA) is 57.0 Å². The van der Waals surface area contributed by atoms with E-state index in [-0.39, 0.29) is 0 Å². The van der Waals surface area contributed by atoms with Crippen molar-refractivity contribution in [2.24, 2.45) is 10.2 Å². The first-order valence-electron chi connectivity index (χ1n) is 6.89. The van der Waals surface area contributed by atoms with Crippen LogP contribution >= 0.6 is 0 Å². The van der Waals surface area contributed by atoms with Gasteiger partial charge in [-0.15, -0.1) is 0 Å². The third-order valence-electron chi connectivity index (χ3n) is 2.94. The third kappa shape index (κ3) is 4.37. The third-order valence-corrected chi connectivity index (χ3v) is 2.94. The van der Waals surface area contributed by atoms with Crippen molar-refractivity contribution in [2.45, 2.75) is 0 Å². The van der Waals surface area contributed by atoms with Crippen molar-refractivity contribution in [3.05, 3.63) is 47.8 Å². The predicted molar refractivity (Wildman–Crippen MR) is 92.3 cm³/mol. The van der Waals surface area contributed by atoms with Gasteiger partial charge in [0.15, 0.2) is 0 Å². The number of anilines is 2. The van der Waals surface area contributed by atoms with Crippen molar-refractivity contribution in [1.29, 1.82) is 0 Å². The monoisotopic (exact) mass is 296 g/mol. The number of aromatic nitrogens is 2. The zero-order chi connectivity index (χ0) is 15.9. The summed E-state index contributed by atoms with van der Waals surface area (Å²) in [6.07, 6.45) is 6.87. The van der Waals surface area contributed by atoms with Gasteiger partial charge in [-0.25, -0.2) is 9.97 Å². The van der Waals surface area contributed by atoms with Gasteiger partial charge in [0.05, 0.1) is 12.4 Å². The minimum atomic E-state index is 0.906. The molecule has 0 saturated carbocycles. The second kappa shape index (κ2) is 7.31. The summed E-state index contributed by atoms with van der Waals surface area (Å²) >= 11 is 0. The molecule has 0 radical (unpaired) electrons. The van der Waals surface area contributed by atoms with Gasteiger partial charge in [-0.2, -0.15) is 10.2 Å². The smallest absolute Gasteiger partial charge is 0.127 e. The molecule has 2 aromatic rings. The fourth-order valence-electron chi connectivity index (χ4n) is 1.68. The van der Waals surface area contributed by atoms with E-state index < -0.39 is 0 Å². The first-order chi connectivity index (χ1) is 10.6. The highest BCUT2D eigenvalue weighted by Crippen LogP contribution is 2.07. The summed E-state index contributed by atoms with van der Waals surface area (Å²) in [6.45, 7) is 0. The predicted octanol–water partition coefficient (Wildman–Crippen LogP) is 2.06. The van der Waals surface area contributed by atoms with Gasteiger partial charge in [0, 0.05) is 51.7 Å². The molecule has 22 heavy (non-hydrogen) atoms. The molecule has 6 heteroatoms. The van der Waals surface area contributed by atoms with E-state index in [0.29, 0.717) is 0 Å². The Morgan fingerprint density at radius 2 is 1.14 bits per heavy atom. The minimum Gasteiger partial charge on any atom is -0.363 e. The molecule has 0 aliphatic carbocycles. The molecule has 0 fully saturated rings. The van der Waals surface area contributed by atoms with Gasteiger partial charge in [0.2, 0.25) is 0 Å². The van der Waals surface area contributed by atoms with Crippen LogP contribution in [0.15, 0.2) is 46.9 Å². The van der Waals surface area contributed by atoms with Crippen LogP contribution in [0.4, 0.5) is 11.6 Å². The number of hydrogen-bond donors (Lipinski definition) is 0. The van der Waals surface area contributed by atoms with E-state index in [2.05, 4.69) is 20.2 Å². The summed E-state index contributed by atoms with van der Waals surface area (Å²) in [6, 6.07) is 7.79. The molecule has 2 rings (SSSR count). The lowest BCUT2D eigenvalue weighted by Crippen LogP contribution is -2.10. The van der Waals surface area contributed by atoms with Crippen molar-refractivity contribution in [2.75, 3.05) is 38.0 Å². The van der Waals surface area contributed by atoms with Crippen LogP contribution in [0.1, 0.15) is 11.1 Å². The maximum atomic E-state index is 4.31. The molecular weight excluding hydrogens is 276 g/mol. The van der Waals surface area contributed by atoms with Crippen LogP contribution in [0.5, 0.6) is 0 Å². The molecule has 2 aromatic heterocycles. The fourth-order valence-corrected chi connectivity index (χ4v) is 1.68. The Balaban J connectivity index is 1.96. The molecular formula is C16H20N6. The van der Waals surface area contributed by atoms with E-state index >= 15 is 0 Å². The van der Waals surface area contributed by atoms with Gasteiger partial charge in [-0.1, -0.05) is 0 Å². The lowest BCUT2D eigenvalue weighted by atomic mass is 10.3. The first kappa shape index (κ1) is 15.6. The molecule has 0 amide bonds. The van der Waals surface area contributed by atoms with Crippen molar-refractivity contribution < 1.29 is 0 Å². The SMILES string of the molecule is CN(C)c1ccc(/C=N/N=C/c2ccc(N(C)C)nc2)cn1. The molecule has 6 nitrogen and oxygen atoms in total. The molecule has 0 atom stereocenters. The van der Waals surface area contributed by atoms with Crippen molar-refractivity contribution in [1.82, 2.24) is 9.97 Å². The Hall–Kier alpha value is -2.76. The van der Waals surface area contributed by atoms with E-state index in [1.807, 2.05) is 62.3 Å². The van der Waals surface area contributed by atoms with Crippen LogP contribution in [0.25, 0.3) is 0 Å². The van der Waals surface area contributed by atoms with Crippen molar-refractivity contribution >= 4 is 24.1 Å². The van der Waals surface area contributed by atoms with E-state index in [0.717, 1.165) is 22.8 Å². The Morgan fingerprint density at radius 1 is 0.727 bits per heavy atom. The minimum absolute atomic E-state index is 0.906. The van der Waals surface area contributed by atoms with E-state index in [4.69, 9.17) is 0 Å². The maximum absolute atomic E-state index is 4.31. The fraction of sp³-hybridized carbons (Fsp3) is 0.250. The van der Waals surface area contributed by atoms with Crippen molar-refractivity contribution in [3.8, 4) is 0 Å². The van der Waals surface area contributed by atoms with Crippen LogP contribution in [-0.4, -0.2) is 50.6 Å². The number of rotatable bonds is 5. The van der Waals surface area contributed by atoms with Crippen LogP contribution in [0.3, 0.4) is 0 Å². The average molecular weight is 296 g/mol. The molecule has 0 N–H and O–H groups in total. The highest BCUT2D eigenvalue weighted by atomic mass is 15.2. The Kier molecular flexibility index (Phi) is 5.19. The summed E-state index contributed by atoms with van der Waals surface area (Å²) in [7, 11) is 7.82. The van der Waals surface area contributed by atoms with Crippen LogP contribution < -0.4 is 9.80 Å². The Labute approximate surface area is 130 Å². The van der Waals surface area contributed by atoms with E-state index in [1.165, 1.54) is 0 Å². The Bertz CT molecular complexity index is 582. The summed E-state index contributed by atoms with van der Waals surface area (Å²) in [5, 5.41) is 8.04. The molecule has 114 valence electrons. The molecule has 0 aliphatic rings. The van der Waals surface area contributed by atoms with E-state index in [9.17, 15) is 0 Å². The van der Waals surface area contributed by atoms with Crippen molar-refractivity contribution in [3.63, 3.8) is 0 Å². The first-order valence-corrected chi connectivity index (χ1v) is 6.89. The molecule has 0 saturated heterocycles. The number of pyridine rings is 2. The zero-order valence-electron chi connectivity index (χ0n) is 13.3. The molecule has 0 aromatic carbocycles. The lowest BCUT2D eigenvalue weighted by Gasteiger charge is -2.10. The molecule has 0 aliphatic heterocycles. The zero-order valence-corrected chi connectivity index (χ0v) is 13.3. The quantitative estimate of drug-likeness (QED) is 0.626. The second-order valence-electron chi connectivity index (χ2n) is 5.18. The van der Waals surface area contributed by atoms with Gasteiger partial charge in [0.1, 0.15) is 11.6 Å². The lowest BCUT2D eigenvalue weighted by molar-refractivity contribution is 1.07. The summed E-state index contributed by atoms with van der Waals surface area (Å²) in [4.78, 5) is 12.5. The standard InChI is InChI=1S/C16H20N6/c1-21(2)15-7-5-13(9-17-15)11-19-20-12-14-6-8-16(18-10-14)22(3)4/h5-12H,1-4H3/b19-11+,20-12+. The Morgan fingerprint density at radius 3 is 1.41 bits per heavy atom. The summed E-state index contributed by atoms with van der Waals surface area (Å²) < 4.78 is 0. The maximum Gasteiger partial charge on any atom is 0.127 e. The van der Waals surface area contributed by atoms with Gasteiger partial charge in [0.25, 0.3) is 0 Å². The normalized spacial score (nSPS) is 11.3. The van der Waals surface area contributed by atoms with Gasteiger partial charge in [-0.3, -0.25) is 0 Å². The molecule has 0 unspecified atom stereocenters.